The molecular formula is C12H11BrN2O3. The van der Waals surface area contributed by atoms with Crippen molar-refractivity contribution in [2.45, 2.75) is 6.42 Å². The molecule has 0 heterocycles. The van der Waals surface area contributed by atoms with E-state index in [-0.39, 0.29) is 18.9 Å². The molecule has 1 N–H and O–H groups in total. The fourth-order valence-corrected chi connectivity index (χ4v) is 1.67. The number of nitrogens with one attached hydrogen (secondary N) is 1. The van der Waals surface area contributed by atoms with Gasteiger partial charge in [-0.25, -0.2) is 0 Å². The number of hydrogen-bond acceptors (Lipinski definition) is 4. The van der Waals surface area contributed by atoms with E-state index in [1.165, 1.54) is 0 Å². The second-order valence-electron chi connectivity index (χ2n) is 3.35. The van der Waals surface area contributed by atoms with Crippen molar-refractivity contribution in [3.05, 3.63) is 28.2 Å². The predicted molar refractivity (Wildman–Crippen MR) is 68.3 cm³/mol. The molecule has 0 atom stereocenters. The third-order valence-corrected chi connectivity index (χ3v) is 2.63. The van der Waals surface area contributed by atoms with Gasteiger partial charge >= 0.3 is 0 Å². The Hall–Kier alpha value is -1.87. The average molecular weight is 311 g/mol. The molecule has 0 spiro atoms. The van der Waals surface area contributed by atoms with Crippen molar-refractivity contribution >= 4 is 28.1 Å². The molecule has 0 fully saturated rings. The van der Waals surface area contributed by atoms with Crippen LogP contribution in [0.5, 0.6) is 5.75 Å². The number of benzene rings is 1. The Morgan fingerprint density at radius 3 is 2.94 bits per heavy atom. The zero-order valence-electron chi connectivity index (χ0n) is 9.48. The van der Waals surface area contributed by atoms with Crippen LogP contribution in [0.2, 0.25) is 0 Å². The molecule has 0 saturated carbocycles. The van der Waals surface area contributed by atoms with Gasteiger partial charge in [0.2, 0.25) is 0 Å². The normalized spacial score (nSPS) is 9.33. The van der Waals surface area contributed by atoms with Crippen LogP contribution in [0.4, 0.5) is 0 Å². The lowest BCUT2D eigenvalue weighted by Crippen LogP contribution is -2.29. The molecule has 0 radical (unpaired) electrons. The number of rotatable bonds is 6. The van der Waals surface area contributed by atoms with E-state index in [9.17, 15) is 9.59 Å². The highest BCUT2D eigenvalue weighted by Crippen LogP contribution is 2.25. The van der Waals surface area contributed by atoms with Gasteiger partial charge in [0, 0.05) is 12.1 Å². The van der Waals surface area contributed by atoms with Gasteiger partial charge in [0.15, 0.2) is 6.61 Å². The molecule has 0 saturated heterocycles. The highest BCUT2D eigenvalue weighted by atomic mass is 79.9. The molecule has 5 nitrogen and oxygen atoms in total. The van der Waals surface area contributed by atoms with Gasteiger partial charge in [0.05, 0.1) is 17.0 Å². The quantitative estimate of drug-likeness (QED) is 0.640. The summed E-state index contributed by atoms with van der Waals surface area (Å²) in [5.41, 5.74) is 0.521. The summed E-state index contributed by atoms with van der Waals surface area (Å²) in [6.07, 6.45) is 0.993. The number of hydrogen-bond donors (Lipinski definition) is 1. The van der Waals surface area contributed by atoms with Crippen LogP contribution in [0.3, 0.4) is 0 Å². The minimum absolute atomic E-state index is 0.134. The molecule has 94 valence electrons. The molecule has 1 rings (SSSR count). The summed E-state index contributed by atoms with van der Waals surface area (Å²) in [5.74, 6) is 0.188. The maximum absolute atomic E-state index is 11.3. The van der Waals surface area contributed by atoms with Crippen LogP contribution in [-0.2, 0) is 4.79 Å². The van der Waals surface area contributed by atoms with Gasteiger partial charge in [-0.3, -0.25) is 9.59 Å². The Bertz CT molecular complexity index is 483. The zero-order valence-corrected chi connectivity index (χ0v) is 11.1. The first-order valence-corrected chi connectivity index (χ1v) is 5.98. The Labute approximate surface area is 113 Å². The first-order chi connectivity index (χ1) is 8.67. The maximum atomic E-state index is 11.3. The van der Waals surface area contributed by atoms with Crippen LogP contribution in [0.1, 0.15) is 16.8 Å². The van der Waals surface area contributed by atoms with E-state index in [1.54, 1.807) is 18.2 Å². The van der Waals surface area contributed by atoms with E-state index in [4.69, 9.17) is 10.00 Å². The first kappa shape index (κ1) is 14.2. The number of carbonyl (C=O) groups excluding carboxylic acids is 2. The minimum Gasteiger partial charge on any atom is -0.483 e. The predicted octanol–water partition coefficient (Wildman–Crippen LogP) is 1.67. The number of halogens is 1. The lowest BCUT2D eigenvalue weighted by Gasteiger charge is -2.08. The van der Waals surface area contributed by atoms with Crippen molar-refractivity contribution in [3.8, 4) is 11.8 Å². The molecule has 0 aliphatic rings. The smallest absolute Gasteiger partial charge is 0.257 e. The van der Waals surface area contributed by atoms with E-state index >= 15 is 0 Å². The SMILES string of the molecule is N#CCCNC(=O)COc1ccc(C=O)cc1Br. The molecule has 0 unspecified atom stereocenters. The lowest BCUT2D eigenvalue weighted by atomic mass is 10.2. The monoisotopic (exact) mass is 310 g/mol. The first-order valence-electron chi connectivity index (χ1n) is 5.18. The van der Waals surface area contributed by atoms with Crippen LogP contribution in [-0.4, -0.2) is 25.3 Å². The Kier molecular flexibility index (Phi) is 5.88. The van der Waals surface area contributed by atoms with E-state index in [2.05, 4.69) is 21.2 Å². The van der Waals surface area contributed by atoms with Gasteiger partial charge in [-0.1, -0.05) is 0 Å². The van der Waals surface area contributed by atoms with Crippen LogP contribution < -0.4 is 10.1 Å². The third-order valence-electron chi connectivity index (χ3n) is 2.01. The number of carbonyl (C=O) groups is 2. The topological polar surface area (TPSA) is 79.2 Å². The fraction of sp³-hybridized carbons (Fsp3) is 0.250. The van der Waals surface area contributed by atoms with E-state index in [0.29, 0.717) is 22.3 Å². The second-order valence-corrected chi connectivity index (χ2v) is 4.21. The number of amides is 1. The second kappa shape index (κ2) is 7.45. The molecule has 1 aromatic carbocycles. The Balaban J connectivity index is 2.46. The zero-order chi connectivity index (χ0) is 13.4. The molecule has 1 aromatic rings. The summed E-state index contributed by atoms with van der Waals surface area (Å²) in [4.78, 5) is 21.8. The summed E-state index contributed by atoms with van der Waals surface area (Å²) >= 11 is 3.24. The molecule has 0 aliphatic carbocycles. The highest BCUT2D eigenvalue weighted by Gasteiger charge is 2.05. The van der Waals surface area contributed by atoms with Crippen molar-refractivity contribution in [1.82, 2.24) is 5.32 Å². The highest BCUT2D eigenvalue weighted by molar-refractivity contribution is 9.10. The van der Waals surface area contributed by atoms with Crippen LogP contribution >= 0.6 is 15.9 Å². The number of ether oxygens (including phenoxy) is 1. The summed E-state index contributed by atoms with van der Waals surface area (Å²) in [7, 11) is 0. The Morgan fingerprint density at radius 2 is 2.33 bits per heavy atom. The fourth-order valence-electron chi connectivity index (χ4n) is 1.16. The number of aldehydes is 1. The van der Waals surface area contributed by atoms with E-state index in [1.807, 2.05) is 6.07 Å². The van der Waals surface area contributed by atoms with Gasteiger partial charge in [0.25, 0.3) is 5.91 Å². The third kappa shape index (κ3) is 4.55. The van der Waals surface area contributed by atoms with Crippen LogP contribution in [0.25, 0.3) is 0 Å². The van der Waals surface area contributed by atoms with Gasteiger partial charge in [-0.05, 0) is 34.1 Å². The van der Waals surface area contributed by atoms with E-state index < -0.39 is 0 Å². The molecule has 0 aliphatic heterocycles. The lowest BCUT2D eigenvalue weighted by molar-refractivity contribution is -0.123. The summed E-state index contributed by atoms with van der Waals surface area (Å²) < 4.78 is 5.88. The van der Waals surface area contributed by atoms with Crippen molar-refractivity contribution in [1.29, 1.82) is 5.26 Å². The number of nitrogens with zero attached hydrogens (tertiary/aromatic N) is 1. The van der Waals surface area contributed by atoms with Gasteiger partial charge in [-0.15, -0.1) is 0 Å². The summed E-state index contributed by atoms with van der Waals surface area (Å²) in [6, 6.07) is 6.74. The van der Waals surface area contributed by atoms with Crippen LogP contribution in [0.15, 0.2) is 22.7 Å². The minimum atomic E-state index is -0.295. The maximum Gasteiger partial charge on any atom is 0.257 e. The molecule has 18 heavy (non-hydrogen) atoms. The average Bonchev–Trinajstić information content (AvgIpc) is 2.37. The van der Waals surface area contributed by atoms with Crippen molar-refractivity contribution in [2.24, 2.45) is 0 Å². The number of nitriles is 1. The summed E-state index contributed by atoms with van der Waals surface area (Å²) in [6.45, 7) is 0.175. The largest absolute Gasteiger partial charge is 0.483 e. The molecule has 1 amide bonds. The van der Waals surface area contributed by atoms with Crippen molar-refractivity contribution in [3.63, 3.8) is 0 Å². The van der Waals surface area contributed by atoms with Gasteiger partial charge in [-0.2, -0.15) is 5.26 Å². The Morgan fingerprint density at radius 1 is 1.56 bits per heavy atom. The van der Waals surface area contributed by atoms with E-state index in [0.717, 1.165) is 6.29 Å². The summed E-state index contributed by atoms with van der Waals surface area (Å²) in [5, 5.41) is 10.8. The molecule has 0 bridgehead atoms. The van der Waals surface area contributed by atoms with Gasteiger partial charge < -0.3 is 10.1 Å². The standard InChI is InChI=1S/C12H11BrN2O3/c13-10-6-9(7-16)2-3-11(10)18-8-12(17)15-5-1-4-14/h2-3,6-7H,1,5,8H2,(H,15,17). The molecule has 0 aromatic heterocycles. The van der Waals surface area contributed by atoms with Gasteiger partial charge in [0.1, 0.15) is 12.0 Å². The molecule has 6 heteroatoms. The van der Waals surface area contributed by atoms with Crippen LogP contribution in [0, 0.1) is 11.3 Å². The van der Waals surface area contributed by atoms with Crippen molar-refractivity contribution < 1.29 is 14.3 Å². The van der Waals surface area contributed by atoms with Crippen molar-refractivity contribution in [2.75, 3.05) is 13.2 Å². The molecular weight excluding hydrogens is 300 g/mol.